The van der Waals surface area contributed by atoms with Crippen LogP contribution < -0.4 is 4.90 Å². The molecule has 6 nitrogen and oxygen atoms in total. The third kappa shape index (κ3) is 3.55. The molecule has 0 saturated carbocycles. The summed E-state index contributed by atoms with van der Waals surface area (Å²) in [5.41, 5.74) is 1.05. The maximum absolute atomic E-state index is 11.9. The van der Waals surface area contributed by atoms with Gasteiger partial charge in [-0.2, -0.15) is 5.26 Å². The minimum absolute atomic E-state index is 0.0873. The van der Waals surface area contributed by atoms with Gasteiger partial charge in [-0.25, -0.2) is 0 Å². The number of aliphatic hydroxyl groups is 1. The Hall–Kier alpha value is -2.13. The van der Waals surface area contributed by atoms with E-state index in [2.05, 4.69) is 11.1 Å². The predicted molar refractivity (Wildman–Crippen MR) is 83.4 cm³/mol. The molecule has 2 heterocycles. The van der Waals surface area contributed by atoms with Crippen LogP contribution in [0.4, 0.5) is 5.69 Å². The molecule has 118 valence electrons. The van der Waals surface area contributed by atoms with Crippen LogP contribution in [0.5, 0.6) is 0 Å². The lowest BCUT2D eigenvalue weighted by Crippen LogP contribution is -2.50. The van der Waals surface area contributed by atoms with Crippen LogP contribution in [0.2, 0.25) is 0 Å². The Labute approximate surface area is 131 Å². The molecule has 0 aliphatic carbocycles. The third-order valence-corrected chi connectivity index (χ3v) is 4.01. The van der Waals surface area contributed by atoms with Crippen molar-refractivity contribution >= 4 is 11.6 Å². The number of aryl methyl sites for hydroxylation is 1. The largest absolute Gasteiger partial charge is 0.388 e. The lowest BCUT2D eigenvalue weighted by atomic mass is 9.88. The summed E-state index contributed by atoms with van der Waals surface area (Å²) in [7, 11) is 3.37. The SMILES string of the molecule is Cc1cc(N2CCCC(O)(CC(=O)N(C)C)C2)c(C#N)cn1. The second-order valence-corrected chi connectivity index (χ2v) is 6.17. The number of carbonyl (C=O) groups excluding carboxylic acids is 1. The average Bonchev–Trinajstić information content (AvgIpc) is 2.46. The second kappa shape index (κ2) is 6.32. The van der Waals surface area contributed by atoms with Crippen molar-refractivity contribution in [1.82, 2.24) is 9.88 Å². The van der Waals surface area contributed by atoms with Crippen LogP contribution in [0, 0.1) is 18.3 Å². The minimum atomic E-state index is -1.05. The first-order chi connectivity index (χ1) is 10.3. The molecule has 1 atom stereocenters. The number of hydrogen-bond donors (Lipinski definition) is 1. The molecule has 1 saturated heterocycles. The Kier molecular flexibility index (Phi) is 4.67. The number of nitrogens with zero attached hydrogens (tertiary/aromatic N) is 4. The monoisotopic (exact) mass is 302 g/mol. The number of carbonyl (C=O) groups is 1. The Morgan fingerprint density at radius 1 is 1.59 bits per heavy atom. The van der Waals surface area contributed by atoms with Gasteiger partial charge in [0, 0.05) is 39.1 Å². The third-order valence-electron chi connectivity index (χ3n) is 4.01. The van der Waals surface area contributed by atoms with E-state index in [-0.39, 0.29) is 12.3 Å². The molecule has 22 heavy (non-hydrogen) atoms. The Bertz CT molecular complexity index is 609. The predicted octanol–water partition coefficient (Wildman–Crippen LogP) is 1.07. The number of pyridine rings is 1. The van der Waals surface area contributed by atoms with Crippen molar-refractivity contribution in [2.45, 2.75) is 31.8 Å². The van der Waals surface area contributed by atoms with Crippen molar-refractivity contribution in [2.24, 2.45) is 0 Å². The summed E-state index contributed by atoms with van der Waals surface area (Å²) in [6, 6.07) is 4.00. The number of rotatable bonds is 3. The molecule has 0 spiro atoms. The van der Waals surface area contributed by atoms with E-state index in [0.717, 1.165) is 24.3 Å². The summed E-state index contributed by atoms with van der Waals surface area (Å²) >= 11 is 0. The van der Waals surface area contributed by atoms with Crippen molar-refractivity contribution in [3.63, 3.8) is 0 Å². The molecule has 0 aromatic carbocycles. The molecule has 1 amide bonds. The molecule has 1 aliphatic heterocycles. The van der Waals surface area contributed by atoms with Crippen LogP contribution >= 0.6 is 0 Å². The zero-order chi connectivity index (χ0) is 16.3. The van der Waals surface area contributed by atoms with E-state index in [4.69, 9.17) is 0 Å². The number of aromatic nitrogens is 1. The fourth-order valence-electron chi connectivity index (χ4n) is 2.80. The molecule has 1 fully saturated rings. The lowest BCUT2D eigenvalue weighted by molar-refractivity contribution is -0.134. The number of hydrogen-bond acceptors (Lipinski definition) is 5. The first-order valence-electron chi connectivity index (χ1n) is 7.39. The highest BCUT2D eigenvalue weighted by molar-refractivity contribution is 5.77. The highest BCUT2D eigenvalue weighted by Gasteiger charge is 2.36. The van der Waals surface area contributed by atoms with Crippen molar-refractivity contribution in [3.8, 4) is 6.07 Å². The summed E-state index contributed by atoms with van der Waals surface area (Å²) in [6.07, 6.45) is 3.03. The van der Waals surface area contributed by atoms with Crippen molar-refractivity contribution in [1.29, 1.82) is 5.26 Å². The molecular weight excluding hydrogens is 280 g/mol. The van der Waals surface area contributed by atoms with E-state index in [1.807, 2.05) is 17.9 Å². The number of β-amino-alcohol motifs (C(OH)–C–C–N with tert-alkyl or cyclic N) is 1. The van der Waals surface area contributed by atoms with Gasteiger partial charge >= 0.3 is 0 Å². The van der Waals surface area contributed by atoms with Crippen LogP contribution in [0.15, 0.2) is 12.3 Å². The Morgan fingerprint density at radius 2 is 2.32 bits per heavy atom. The summed E-state index contributed by atoms with van der Waals surface area (Å²) in [5.74, 6) is -0.0873. The standard InChI is InChI=1S/C16H22N4O2/c1-12-7-14(13(9-17)10-18-12)20-6-4-5-16(22,11-20)8-15(21)19(2)3/h7,10,22H,4-6,8,11H2,1-3H3. The van der Waals surface area contributed by atoms with Gasteiger partial charge in [-0.05, 0) is 25.8 Å². The number of nitriles is 1. The highest BCUT2D eigenvalue weighted by atomic mass is 16.3. The molecule has 6 heteroatoms. The molecule has 1 aromatic heterocycles. The number of piperidine rings is 1. The Balaban J connectivity index is 2.22. The summed E-state index contributed by atoms with van der Waals surface area (Å²) in [4.78, 5) is 19.5. The van der Waals surface area contributed by atoms with Crippen LogP contribution in [0.1, 0.15) is 30.5 Å². The second-order valence-electron chi connectivity index (χ2n) is 6.17. The van der Waals surface area contributed by atoms with Crippen molar-refractivity contribution in [2.75, 3.05) is 32.1 Å². The van der Waals surface area contributed by atoms with E-state index >= 15 is 0 Å². The first-order valence-corrected chi connectivity index (χ1v) is 7.39. The zero-order valence-electron chi connectivity index (χ0n) is 13.3. The fourth-order valence-corrected chi connectivity index (χ4v) is 2.80. The zero-order valence-corrected chi connectivity index (χ0v) is 13.3. The summed E-state index contributed by atoms with van der Waals surface area (Å²) in [5, 5.41) is 20.0. The van der Waals surface area contributed by atoms with Crippen LogP contribution in [0.3, 0.4) is 0 Å². The van der Waals surface area contributed by atoms with Gasteiger partial charge in [0.2, 0.25) is 5.91 Å². The Morgan fingerprint density at radius 3 is 2.95 bits per heavy atom. The van der Waals surface area contributed by atoms with Crippen LogP contribution in [-0.4, -0.2) is 53.7 Å². The molecule has 1 aliphatic rings. The van der Waals surface area contributed by atoms with Crippen molar-refractivity contribution < 1.29 is 9.90 Å². The van der Waals surface area contributed by atoms with E-state index in [0.29, 0.717) is 18.5 Å². The van der Waals surface area contributed by atoms with Gasteiger partial charge in [0.05, 0.1) is 23.3 Å². The topological polar surface area (TPSA) is 80.5 Å². The normalized spacial score (nSPS) is 21.3. The summed E-state index contributed by atoms with van der Waals surface area (Å²) in [6.45, 7) is 2.98. The number of amides is 1. The molecule has 1 aromatic rings. The van der Waals surface area contributed by atoms with Gasteiger partial charge in [-0.15, -0.1) is 0 Å². The van der Waals surface area contributed by atoms with Gasteiger partial charge in [-0.3, -0.25) is 9.78 Å². The quantitative estimate of drug-likeness (QED) is 0.903. The lowest BCUT2D eigenvalue weighted by Gasteiger charge is -2.40. The average molecular weight is 302 g/mol. The molecule has 2 rings (SSSR count). The molecule has 1 N–H and O–H groups in total. The van der Waals surface area contributed by atoms with Gasteiger partial charge in [0.1, 0.15) is 6.07 Å². The van der Waals surface area contributed by atoms with E-state index in [9.17, 15) is 15.2 Å². The molecule has 1 unspecified atom stereocenters. The summed E-state index contributed by atoms with van der Waals surface area (Å²) < 4.78 is 0. The molecule has 0 radical (unpaired) electrons. The van der Waals surface area contributed by atoms with Crippen LogP contribution in [0.25, 0.3) is 0 Å². The highest BCUT2D eigenvalue weighted by Crippen LogP contribution is 2.30. The van der Waals surface area contributed by atoms with Gasteiger partial charge in [-0.1, -0.05) is 0 Å². The van der Waals surface area contributed by atoms with Gasteiger partial charge in [0.25, 0.3) is 0 Å². The first kappa shape index (κ1) is 16.2. The van der Waals surface area contributed by atoms with Gasteiger partial charge < -0.3 is 14.9 Å². The molecular formula is C16H22N4O2. The molecule has 0 bridgehead atoms. The fraction of sp³-hybridized carbons (Fsp3) is 0.562. The maximum Gasteiger partial charge on any atom is 0.225 e. The van der Waals surface area contributed by atoms with E-state index < -0.39 is 5.60 Å². The van der Waals surface area contributed by atoms with E-state index in [1.54, 1.807) is 20.3 Å². The van der Waals surface area contributed by atoms with Gasteiger partial charge in [0.15, 0.2) is 0 Å². The number of anilines is 1. The smallest absolute Gasteiger partial charge is 0.225 e. The minimum Gasteiger partial charge on any atom is -0.388 e. The van der Waals surface area contributed by atoms with E-state index in [1.165, 1.54) is 4.90 Å². The maximum atomic E-state index is 11.9. The van der Waals surface area contributed by atoms with Crippen LogP contribution in [-0.2, 0) is 4.79 Å². The van der Waals surface area contributed by atoms with Crippen molar-refractivity contribution in [3.05, 3.63) is 23.5 Å².